The largest absolute Gasteiger partial charge is 0.478 e. The molecule has 0 radical (unpaired) electrons. The second-order valence-electron chi connectivity index (χ2n) is 3.74. The van der Waals surface area contributed by atoms with E-state index in [9.17, 15) is 9.59 Å². The Kier molecular flexibility index (Phi) is 2.52. The minimum absolute atomic E-state index is 0.200. The lowest BCUT2D eigenvalue weighted by molar-refractivity contribution is 0.0696. The van der Waals surface area contributed by atoms with E-state index in [1.807, 2.05) is 0 Å². The van der Waals surface area contributed by atoms with Crippen molar-refractivity contribution in [3.63, 3.8) is 0 Å². The fourth-order valence-corrected chi connectivity index (χ4v) is 1.85. The van der Waals surface area contributed by atoms with E-state index in [0.717, 1.165) is 11.1 Å². The summed E-state index contributed by atoms with van der Waals surface area (Å²) in [5.41, 5.74) is 2.02. The van der Waals surface area contributed by atoms with Gasteiger partial charge in [-0.1, -0.05) is 6.07 Å². The van der Waals surface area contributed by atoms with Crippen LogP contribution in [0.3, 0.4) is 0 Å². The van der Waals surface area contributed by atoms with Crippen LogP contribution < -0.4 is 0 Å². The van der Waals surface area contributed by atoms with Crippen LogP contribution in [0.25, 0.3) is 0 Å². The number of rotatable bonds is 1. The van der Waals surface area contributed by atoms with E-state index in [1.165, 1.54) is 4.90 Å². The number of hydrogen-bond acceptors (Lipinski definition) is 2. The molecule has 1 aromatic rings. The molecule has 2 rings (SSSR count). The quantitative estimate of drug-likeness (QED) is 0.751. The number of nitrogens with zero attached hydrogens (tertiary/aromatic N) is 1. The van der Waals surface area contributed by atoms with Crippen molar-refractivity contribution in [1.29, 1.82) is 0 Å². The summed E-state index contributed by atoms with van der Waals surface area (Å²) in [6, 6.07) is 4.86. The topological polar surface area (TPSA) is 77.8 Å². The van der Waals surface area contributed by atoms with Crippen molar-refractivity contribution in [3.8, 4) is 0 Å². The first-order valence-corrected chi connectivity index (χ1v) is 4.91. The Balaban J connectivity index is 2.32. The maximum Gasteiger partial charge on any atom is 0.407 e. The van der Waals surface area contributed by atoms with E-state index in [1.54, 1.807) is 18.2 Å². The van der Waals surface area contributed by atoms with Crippen LogP contribution in [0.1, 0.15) is 21.5 Å². The van der Waals surface area contributed by atoms with Crippen LogP contribution in [0.4, 0.5) is 4.79 Å². The molecule has 0 saturated heterocycles. The number of fused-ring (bicyclic) bond motifs is 1. The van der Waals surface area contributed by atoms with Crippen LogP contribution >= 0.6 is 0 Å². The molecule has 0 unspecified atom stereocenters. The second kappa shape index (κ2) is 3.84. The van der Waals surface area contributed by atoms with Gasteiger partial charge in [-0.05, 0) is 29.7 Å². The van der Waals surface area contributed by atoms with Gasteiger partial charge in [0.2, 0.25) is 0 Å². The van der Waals surface area contributed by atoms with Gasteiger partial charge in [-0.2, -0.15) is 0 Å². The Morgan fingerprint density at radius 1 is 1.19 bits per heavy atom. The first-order valence-electron chi connectivity index (χ1n) is 4.91. The van der Waals surface area contributed by atoms with Crippen molar-refractivity contribution in [3.05, 3.63) is 34.9 Å². The van der Waals surface area contributed by atoms with E-state index in [-0.39, 0.29) is 12.1 Å². The highest BCUT2D eigenvalue weighted by Crippen LogP contribution is 2.20. The lowest BCUT2D eigenvalue weighted by Gasteiger charge is -2.26. The smallest absolute Gasteiger partial charge is 0.407 e. The average Bonchev–Trinajstić information content (AvgIpc) is 2.27. The van der Waals surface area contributed by atoms with Gasteiger partial charge in [0.15, 0.2) is 0 Å². The average molecular weight is 221 g/mol. The fraction of sp³-hybridized carbons (Fsp3) is 0.273. The van der Waals surface area contributed by atoms with Crippen LogP contribution in [0.15, 0.2) is 18.2 Å². The van der Waals surface area contributed by atoms with E-state index >= 15 is 0 Å². The summed E-state index contributed by atoms with van der Waals surface area (Å²) in [7, 11) is 0. The summed E-state index contributed by atoms with van der Waals surface area (Å²) in [6.07, 6.45) is -0.326. The van der Waals surface area contributed by atoms with Crippen LogP contribution in [0.5, 0.6) is 0 Å². The molecule has 0 fully saturated rings. The van der Waals surface area contributed by atoms with Gasteiger partial charge in [0.05, 0.1) is 5.56 Å². The molecule has 0 saturated carbocycles. The number of benzene rings is 1. The molecule has 5 heteroatoms. The number of carbonyl (C=O) groups is 2. The zero-order chi connectivity index (χ0) is 11.7. The number of hydrogen-bond donors (Lipinski definition) is 2. The summed E-state index contributed by atoms with van der Waals surface area (Å²) in [5, 5.41) is 17.7. The molecule has 1 aliphatic rings. The number of carboxylic acids is 1. The van der Waals surface area contributed by atoms with Gasteiger partial charge in [-0.3, -0.25) is 0 Å². The lowest BCUT2D eigenvalue weighted by atomic mass is 9.98. The Labute approximate surface area is 91.9 Å². The molecule has 0 aliphatic carbocycles. The van der Waals surface area contributed by atoms with E-state index in [2.05, 4.69) is 0 Å². The third-order valence-corrected chi connectivity index (χ3v) is 2.74. The zero-order valence-corrected chi connectivity index (χ0v) is 8.51. The first kappa shape index (κ1) is 10.5. The summed E-state index contributed by atoms with van der Waals surface area (Å²) in [5.74, 6) is -0.991. The van der Waals surface area contributed by atoms with Gasteiger partial charge in [-0.25, -0.2) is 9.59 Å². The van der Waals surface area contributed by atoms with E-state index < -0.39 is 12.1 Å². The molecule has 0 spiro atoms. The number of aromatic carboxylic acids is 1. The molecule has 5 nitrogen and oxygen atoms in total. The minimum Gasteiger partial charge on any atom is -0.478 e. The number of amides is 1. The molecule has 0 bridgehead atoms. The van der Waals surface area contributed by atoms with Gasteiger partial charge in [0.1, 0.15) is 0 Å². The van der Waals surface area contributed by atoms with Gasteiger partial charge >= 0.3 is 12.1 Å². The monoisotopic (exact) mass is 221 g/mol. The fourth-order valence-electron chi connectivity index (χ4n) is 1.85. The lowest BCUT2D eigenvalue weighted by Crippen LogP contribution is -2.34. The SMILES string of the molecule is O=C(O)c1ccc2c(c1)CN(C(=O)O)CC2. The standard InChI is InChI=1S/C11H11NO4/c13-10(14)8-2-1-7-3-4-12(11(15)16)6-9(7)5-8/h1-2,5H,3-4,6H2,(H,13,14)(H,15,16). The van der Waals surface area contributed by atoms with Gasteiger partial charge in [-0.15, -0.1) is 0 Å². The summed E-state index contributed by atoms with van der Waals surface area (Å²) in [4.78, 5) is 22.9. The van der Waals surface area contributed by atoms with Crippen LogP contribution in [0, 0.1) is 0 Å². The highest BCUT2D eigenvalue weighted by Gasteiger charge is 2.20. The second-order valence-corrected chi connectivity index (χ2v) is 3.74. The Bertz CT molecular complexity index is 455. The van der Waals surface area contributed by atoms with E-state index in [4.69, 9.17) is 10.2 Å². The molecular weight excluding hydrogens is 210 g/mol. The highest BCUT2D eigenvalue weighted by atomic mass is 16.4. The van der Waals surface area contributed by atoms with Gasteiger partial charge in [0, 0.05) is 13.1 Å². The Morgan fingerprint density at radius 2 is 1.94 bits per heavy atom. The van der Waals surface area contributed by atoms with Crippen molar-refractivity contribution in [2.24, 2.45) is 0 Å². The van der Waals surface area contributed by atoms with Crippen molar-refractivity contribution >= 4 is 12.1 Å². The summed E-state index contributed by atoms with van der Waals surface area (Å²) >= 11 is 0. The molecule has 2 N–H and O–H groups in total. The number of carboxylic acid groups (broad SMARTS) is 2. The predicted molar refractivity (Wildman–Crippen MR) is 55.5 cm³/mol. The van der Waals surface area contributed by atoms with Gasteiger partial charge in [0.25, 0.3) is 0 Å². The van der Waals surface area contributed by atoms with Crippen LogP contribution in [-0.2, 0) is 13.0 Å². The molecule has 16 heavy (non-hydrogen) atoms. The summed E-state index contributed by atoms with van der Waals surface area (Å²) < 4.78 is 0. The molecule has 0 atom stereocenters. The van der Waals surface area contributed by atoms with Crippen molar-refractivity contribution in [2.75, 3.05) is 6.54 Å². The molecule has 84 valence electrons. The van der Waals surface area contributed by atoms with Crippen molar-refractivity contribution < 1.29 is 19.8 Å². The van der Waals surface area contributed by atoms with E-state index in [0.29, 0.717) is 13.0 Å². The maximum atomic E-state index is 10.8. The Morgan fingerprint density at radius 3 is 2.56 bits per heavy atom. The molecule has 1 aromatic carbocycles. The Hall–Kier alpha value is -2.04. The third-order valence-electron chi connectivity index (χ3n) is 2.74. The molecule has 1 heterocycles. The predicted octanol–water partition coefficient (Wildman–Crippen LogP) is 1.42. The van der Waals surface area contributed by atoms with Crippen LogP contribution in [0.2, 0.25) is 0 Å². The first-order chi connectivity index (χ1) is 7.58. The maximum absolute atomic E-state index is 10.8. The molecule has 0 aromatic heterocycles. The molecular formula is C11H11NO4. The molecule has 1 aliphatic heterocycles. The van der Waals surface area contributed by atoms with Gasteiger partial charge < -0.3 is 15.1 Å². The third kappa shape index (κ3) is 1.84. The van der Waals surface area contributed by atoms with Crippen LogP contribution in [-0.4, -0.2) is 33.7 Å². The normalized spacial score (nSPS) is 14.4. The highest BCUT2D eigenvalue weighted by molar-refractivity contribution is 5.88. The van der Waals surface area contributed by atoms with Crippen molar-refractivity contribution in [2.45, 2.75) is 13.0 Å². The zero-order valence-electron chi connectivity index (χ0n) is 8.51. The molecule has 1 amide bonds. The minimum atomic E-state index is -0.991. The van der Waals surface area contributed by atoms with Crippen molar-refractivity contribution in [1.82, 2.24) is 4.90 Å². The summed E-state index contributed by atoms with van der Waals surface area (Å²) in [6.45, 7) is 0.737.